The second-order valence-electron chi connectivity index (χ2n) is 9.32. The third kappa shape index (κ3) is 3.75. The van der Waals surface area contributed by atoms with Crippen LogP contribution in [0.15, 0.2) is 54.7 Å². The van der Waals surface area contributed by atoms with Crippen molar-refractivity contribution in [3.05, 3.63) is 86.9 Å². The summed E-state index contributed by atoms with van der Waals surface area (Å²) in [5.41, 5.74) is 11.8. The number of benzene rings is 2. The molecule has 2 nitrogen and oxygen atoms in total. The molecule has 0 unspecified atom stereocenters. The topological polar surface area (TPSA) is 9.34 Å². The molecular weight excluding hydrogens is 443 g/mol. The van der Waals surface area contributed by atoms with E-state index >= 15 is 0 Å². The molecule has 0 spiro atoms. The molecule has 4 aromatic rings. The van der Waals surface area contributed by atoms with E-state index in [2.05, 4.69) is 128 Å². The molecule has 0 fully saturated rings. The van der Waals surface area contributed by atoms with Crippen LogP contribution < -0.4 is 0 Å². The minimum atomic E-state index is 0.456. The molecule has 160 valence electrons. The fraction of sp³-hybridized carbons (Fsp3) is 0.321. The van der Waals surface area contributed by atoms with Gasteiger partial charge in [-0.1, -0.05) is 0 Å². The van der Waals surface area contributed by atoms with E-state index in [1.165, 1.54) is 50.3 Å². The van der Waals surface area contributed by atoms with Gasteiger partial charge in [-0.3, -0.25) is 0 Å². The van der Waals surface area contributed by atoms with Crippen LogP contribution >= 0.6 is 0 Å². The van der Waals surface area contributed by atoms with Crippen molar-refractivity contribution in [2.45, 2.75) is 60.3 Å². The van der Waals surface area contributed by atoms with E-state index in [0.29, 0.717) is 11.8 Å². The molecule has 0 saturated carbocycles. The summed E-state index contributed by atoms with van der Waals surface area (Å²) in [6.45, 7) is 15.7. The van der Waals surface area contributed by atoms with Crippen molar-refractivity contribution in [1.29, 1.82) is 0 Å². The first-order valence-corrected chi connectivity index (χ1v) is 12.0. The van der Waals surface area contributed by atoms with Gasteiger partial charge in [0.2, 0.25) is 0 Å². The number of hydrogen-bond donors (Lipinski definition) is 0. The van der Waals surface area contributed by atoms with E-state index in [1.807, 2.05) is 0 Å². The Balaban J connectivity index is 2.09. The zero-order valence-corrected chi connectivity index (χ0v) is 21.4. The van der Waals surface area contributed by atoms with E-state index in [0.717, 1.165) is 4.32 Å². The van der Waals surface area contributed by atoms with Crippen LogP contribution in [-0.4, -0.2) is 24.5 Å². The number of pyridine rings is 1. The maximum absolute atomic E-state index is 3.39. The summed E-state index contributed by atoms with van der Waals surface area (Å²) < 4.78 is 5.80. The van der Waals surface area contributed by atoms with Crippen LogP contribution in [-0.2, 0) is 0 Å². The van der Waals surface area contributed by atoms with E-state index < -0.39 is 0 Å². The Morgan fingerprint density at radius 2 is 1.32 bits per heavy atom. The molecule has 2 aromatic carbocycles. The van der Waals surface area contributed by atoms with Crippen LogP contribution in [0.2, 0.25) is 0 Å². The van der Waals surface area contributed by atoms with Crippen molar-refractivity contribution in [3.63, 3.8) is 0 Å². The standard InChI is InChI=1S/C28H32N2Se/c1-17(2)23-11-9-12-24(18(3)4)26(23)25-13-8-10-22-16-29(28(31)30(22)25)27-20(6)14-19(5)15-21(27)7/h8-18H,1-7H3. The molecule has 2 aromatic heterocycles. The SMILES string of the molecule is Cc1cc(C)c(-n2cc3cccc(-c4c(C(C)C)cccc4C(C)C)n3c2=[Se])c(C)c1. The molecule has 0 saturated heterocycles. The van der Waals surface area contributed by atoms with Gasteiger partial charge in [0, 0.05) is 0 Å². The summed E-state index contributed by atoms with van der Waals surface area (Å²) in [4.78, 5) is 0. The Bertz CT molecular complexity index is 1290. The predicted molar refractivity (Wildman–Crippen MR) is 134 cm³/mol. The number of fused-ring (bicyclic) bond motifs is 1. The van der Waals surface area contributed by atoms with E-state index in [1.54, 1.807) is 0 Å². The van der Waals surface area contributed by atoms with Crippen LogP contribution in [0.5, 0.6) is 0 Å². The van der Waals surface area contributed by atoms with Gasteiger partial charge < -0.3 is 0 Å². The predicted octanol–water partition coefficient (Wildman–Crippen LogP) is 7.27. The summed E-state index contributed by atoms with van der Waals surface area (Å²) in [5, 5.41) is 0. The molecule has 31 heavy (non-hydrogen) atoms. The van der Waals surface area contributed by atoms with Crippen LogP contribution in [0.25, 0.3) is 22.5 Å². The maximum atomic E-state index is 3.39. The van der Waals surface area contributed by atoms with Crippen molar-refractivity contribution in [2.24, 2.45) is 0 Å². The summed E-state index contributed by atoms with van der Waals surface area (Å²) in [6, 6.07) is 18.0. The molecule has 0 bridgehead atoms. The first kappa shape index (κ1) is 21.9. The summed E-state index contributed by atoms with van der Waals surface area (Å²) in [6.07, 6.45) is 2.26. The Kier molecular flexibility index (Phi) is 5.85. The van der Waals surface area contributed by atoms with Crippen LogP contribution in [0, 0.1) is 25.1 Å². The number of aromatic nitrogens is 2. The third-order valence-corrected chi connectivity index (χ3v) is 6.98. The molecule has 0 aliphatic heterocycles. The van der Waals surface area contributed by atoms with Gasteiger partial charge in [-0.05, 0) is 0 Å². The van der Waals surface area contributed by atoms with Gasteiger partial charge in [-0.25, -0.2) is 0 Å². The normalized spacial score (nSPS) is 11.8. The Hall–Kier alpha value is -2.35. The van der Waals surface area contributed by atoms with Crippen molar-refractivity contribution >= 4 is 21.1 Å². The fourth-order valence-corrected chi connectivity index (χ4v) is 5.62. The minimum absolute atomic E-state index is 0.456. The third-order valence-electron chi connectivity index (χ3n) is 6.18. The Labute approximate surface area is 193 Å². The van der Waals surface area contributed by atoms with Gasteiger partial charge >= 0.3 is 194 Å². The van der Waals surface area contributed by atoms with E-state index in [-0.39, 0.29) is 0 Å². The van der Waals surface area contributed by atoms with Gasteiger partial charge in [-0.15, -0.1) is 0 Å². The average Bonchev–Trinajstić information content (AvgIpc) is 3.03. The van der Waals surface area contributed by atoms with E-state index in [9.17, 15) is 0 Å². The first-order chi connectivity index (χ1) is 14.7. The van der Waals surface area contributed by atoms with Gasteiger partial charge in [0.1, 0.15) is 0 Å². The summed E-state index contributed by atoms with van der Waals surface area (Å²) >= 11 is 3.39. The molecular formula is C28H32N2Se. The van der Waals surface area contributed by atoms with Gasteiger partial charge in [0.05, 0.1) is 0 Å². The van der Waals surface area contributed by atoms with Crippen LogP contribution in [0.1, 0.15) is 67.3 Å². The quantitative estimate of drug-likeness (QED) is 0.275. The molecule has 0 amide bonds. The Morgan fingerprint density at radius 3 is 1.87 bits per heavy atom. The van der Waals surface area contributed by atoms with Gasteiger partial charge in [0.25, 0.3) is 0 Å². The number of nitrogens with zero attached hydrogens (tertiary/aromatic N) is 2. The monoisotopic (exact) mass is 476 g/mol. The molecule has 0 aliphatic carbocycles. The van der Waals surface area contributed by atoms with E-state index in [4.69, 9.17) is 0 Å². The van der Waals surface area contributed by atoms with Crippen molar-refractivity contribution in [1.82, 2.24) is 8.97 Å². The molecule has 3 heteroatoms. The molecule has 0 radical (unpaired) electrons. The summed E-state index contributed by atoms with van der Waals surface area (Å²) in [5.74, 6) is 0.912. The van der Waals surface area contributed by atoms with Crippen molar-refractivity contribution in [2.75, 3.05) is 0 Å². The average molecular weight is 476 g/mol. The second-order valence-corrected chi connectivity index (χ2v) is 10.1. The second kappa shape index (κ2) is 8.30. The van der Waals surface area contributed by atoms with Crippen LogP contribution in [0.3, 0.4) is 0 Å². The molecule has 0 atom stereocenters. The fourth-order valence-electron chi connectivity index (χ4n) is 4.89. The van der Waals surface area contributed by atoms with Gasteiger partial charge in [0.15, 0.2) is 0 Å². The Morgan fingerprint density at radius 1 is 0.774 bits per heavy atom. The van der Waals surface area contributed by atoms with Crippen molar-refractivity contribution < 1.29 is 0 Å². The number of aryl methyl sites for hydroxylation is 3. The first-order valence-electron chi connectivity index (χ1n) is 11.1. The van der Waals surface area contributed by atoms with Crippen LogP contribution in [0.4, 0.5) is 0 Å². The number of rotatable bonds is 4. The number of imidazole rings is 1. The molecule has 0 aliphatic rings. The zero-order valence-electron chi connectivity index (χ0n) is 19.7. The summed E-state index contributed by atoms with van der Waals surface area (Å²) in [7, 11) is 0. The zero-order chi connectivity index (χ0) is 22.4. The number of hydrogen-bond acceptors (Lipinski definition) is 0. The van der Waals surface area contributed by atoms with Crippen molar-refractivity contribution in [3.8, 4) is 16.9 Å². The molecule has 2 heterocycles. The molecule has 0 N–H and O–H groups in total. The van der Waals surface area contributed by atoms with Gasteiger partial charge in [-0.2, -0.15) is 0 Å². The molecule has 4 rings (SSSR count).